The number of hydrogen-bond donors (Lipinski definition) is 3. The molecule has 1 unspecified atom stereocenters. The lowest BCUT2D eigenvalue weighted by Crippen LogP contribution is -2.31. The summed E-state index contributed by atoms with van der Waals surface area (Å²) in [5.41, 5.74) is 0.759. The van der Waals surface area contributed by atoms with E-state index in [1.165, 1.54) is 25.3 Å². The maximum Gasteiger partial charge on any atom is 0.418 e. The zero-order valence-electron chi connectivity index (χ0n) is 22.0. The number of alkyl halides is 3. The van der Waals surface area contributed by atoms with Gasteiger partial charge in [-0.25, -0.2) is 0 Å². The molecule has 210 valence electrons. The second kappa shape index (κ2) is 12.7. The molecule has 41 heavy (non-hydrogen) atoms. The molecule has 3 N–H and O–H groups in total. The molecule has 0 spiro atoms. The minimum Gasteiger partial charge on any atom is -0.495 e. The smallest absolute Gasteiger partial charge is 0.418 e. The summed E-state index contributed by atoms with van der Waals surface area (Å²) in [7, 11) is 1.49. The van der Waals surface area contributed by atoms with Gasteiger partial charge in [-0.3, -0.25) is 9.59 Å². The van der Waals surface area contributed by atoms with Crippen LogP contribution in [0.2, 0.25) is 0 Å². The minimum atomic E-state index is -4.63. The van der Waals surface area contributed by atoms with Crippen molar-refractivity contribution in [3.63, 3.8) is 0 Å². The molecular formula is C30H25F3N4O3S. The molecule has 4 rings (SSSR count). The molecule has 7 nitrogen and oxygen atoms in total. The highest BCUT2D eigenvalue weighted by Crippen LogP contribution is 2.41. The first-order chi connectivity index (χ1) is 19.6. The Morgan fingerprint density at radius 2 is 1.61 bits per heavy atom. The third kappa shape index (κ3) is 6.73. The summed E-state index contributed by atoms with van der Waals surface area (Å²) in [5.74, 6) is -1.72. The number of amides is 2. The number of anilines is 2. The molecule has 0 radical (unpaired) electrons. The molecular weight excluding hydrogens is 553 g/mol. The number of ether oxygens (including phenoxy) is 1. The summed E-state index contributed by atoms with van der Waals surface area (Å²) in [6.45, 7) is 1.68. The molecule has 2 amide bonds. The number of methoxy groups -OCH3 is 1. The van der Waals surface area contributed by atoms with Crippen LogP contribution < -0.4 is 20.7 Å². The molecule has 0 saturated carbocycles. The molecule has 0 fully saturated rings. The van der Waals surface area contributed by atoms with Crippen molar-refractivity contribution < 1.29 is 27.5 Å². The van der Waals surface area contributed by atoms with Gasteiger partial charge in [-0.05, 0) is 36.8 Å². The first-order valence-electron chi connectivity index (χ1n) is 12.3. The van der Waals surface area contributed by atoms with Gasteiger partial charge in [0.15, 0.2) is 0 Å². The summed E-state index contributed by atoms with van der Waals surface area (Å²) in [4.78, 5) is 26.3. The topological polar surface area (TPSA) is 103 Å². The third-order valence-electron chi connectivity index (χ3n) is 6.23. The lowest BCUT2D eigenvalue weighted by Gasteiger charge is -2.30. The molecule has 0 bridgehead atoms. The number of dihydropyridines is 1. The van der Waals surface area contributed by atoms with Gasteiger partial charge in [0.2, 0.25) is 5.91 Å². The predicted molar refractivity (Wildman–Crippen MR) is 152 cm³/mol. The fourth-order valence-corrected chi connectivity index (χ4v) is 5.30. The zero-order chi connectivity index (χ0) is 29.6. The Bertz CT molecular complexity index is 1560. The summed E-state index contributed by atoms with van der Waals surface area (Å²) < 4.78 is 45.4. The van der Waals surface area contributed by atoms with Crippen molar-refractivity contribution >= 4 is 35.0 Å². The highest BCUT2D eigenvalue weighted by Gasteiger charge is 2.36. The van der Waals surface area contributed by atoms with Crippen LogP contribution in [0.4, 0.5) is 24.5 Å². The average Bonchev–Trinajstić information content (AvgIpc) is 2.96. The summed E-state index contributed by atoms with van der Waals surface area (Å²) >= 11 is 0.964. The van der Waals surface area contributed by atoms with Crippen LogP contribution in [0, 0.1) is 11.3 Å². The number of benzene rings is 3. The van der Waals surface area contributed by atoms with E-state index < -0.39 is 29.5 Å². The van der Waals surface area contributed by atoms with Crippen molar-refractivity contribution in [3.05, 3.63) is 112 Å². The van der Waals surface area contributed by atoms with Crippen LogP contribution in [0.25, 0.3) is 0 Å². The Hall–Kier alpha value is -4.69. The maximum absolute atomic E-state index is 13.6. The first kappa shape index (κ1) is 29.3. The van der Waals surface area contributed by atoms with Crippen LogP contribution in [0.5, 0.6) is 5.75 Å². The maximum atomic E-state index is 13.6. The second-order valence-electron chi connectivity index (χ2n) is 8.90. The number of rotatable bonds is 8. The molecule has 11 heteroatoms. The predicted octanol–water partition coefficient (Wildman–Crippen LogP) is 6.42. The van der Waals surface area contributed by atoms with Crippen molar-refractivity contribution in [2.45, 2.75) is 19.0 Å². The standard InChI is InChI=1S/C30H25F3N4O3S/c1-18-26(28(39)37-23-14-8-9-15-24(23)40-2)27(19-10-4-3-5-11-19)20(16-34)29(35-18)41-17-25(38)36-22-13-7-6-12-21(22)30(31,32)33/h3-15,27,35H,17H2,1-2H3,(H,36,38)(H,37,39). The quantitative estimate of drug-likeness (QED) is 0.285. The molecule has 1 aliphatic rings. The Balaban J connectivity index is 1.62. The first-order valence-corrected chi connectivity index (χ1v) is 13.3. The summed E-state index contributed by atoms with van der Waals surface area (Å²) in [5, 5.41) is 18.8. The number of nitriles is 1. The highest BCUT2D eigenvalue weighted by atomic mass is 32.2. The number of carbonyl (C=O) groups is 2. The van der Waals surface area contributed by atoms with Gasteiger partial charge in [-0.15, -0.1) is 0 Å². The number of para-hydroxylation sites is 3. The van der Waals surface area contributed by atoms with E-state index in [2.05, 4.69) is 22.0 Å². The molecule has 3 aromatic rings. The van der Waals surface area contributed by atoms with Crippen LogP contribution in [0.1, 0.15) is 24.0 Å². The van der Waals surface area contributed by atoms with E-state index in [-0.39, 0.29) is 17.0 Å². The number of halogens is 3. The number of nitrogens with one attached hydrogen (secondary N) is 3. The average molecular weight is 579 g/mol. The van der Waals surface area contributed by atoms with Crippen LogP contribution >= 0.6 is 11.8 Å². The number of nitrogens with zero attached hydrogens (tertiary/aromatic N) is 1. The van der Waals surface area contributed by atoms with Gasteiger partial charge in [0.25, 0.3) is 5.91 Å². The Morgan fingerprint density at radius 1 is 0.976 bits per heavy atom. The highest BCUT2D eigenvalue weighted by molar-refractivity contribution is 8.03. The van der Waals surface area contributed by atoms with Crippen molar-refractivity contribution in [2.24, 2.45) is 0 Å². The van der Waals surface area contributed by atoms with Gasteiger partial charge in [0.05, 0.1) is 52.4 Å². The van der Waals surface area contributed by atoms with E-state index in [0.717, 1.165) is 17.8 Å². The van der Waals surface area contributed by atoms with Crippen molar-refractivity contribution in [1.82, 2.24) is 5.32 Å². The van der Waals surface area contributed by atoms with E-state index in [9.17, 15) is 28.0 Å². The van der Waals surface area contributed by atoms with Gasteiger partial charge >= 0.3 is 6.18 Å². The van der Waals surface area contributed by atoms with Crippen molar-refractivity contribution in [2.75, 3.05) is 23.5 Å². The summed E-state index contributed by atoms with van der Waals surface area (Å²) in [6, 6.07) is 22.8. The van der Waals surface area contributed by atoms with Crippen molar-refractivity contribution in [1.29, 1.82) is 5.26 Å². The van der Waals surface area contributed by atoms with E-state index in [1.54, 1.807) is 55.5 Å². The van der Waals surface area contributed by atoms with Gasteiger partial charge in [-0.2, -0.15) is 18.4 Å². The van der Waals surface area contributed by atoms with E-state index in [0.29, 0.717) is 33.3 Å². The monoisotopic (exact) mass is 578 g/mol. The lowest BCUT2D eigenvalue weighted by molar-refractivity contribution is -0.137. The van der Waals surface area contributed by atoms with E-state index >= 15 is 0 Å². The van der Waals surface area contributed by atoms with Crippen LogP contribution in [-0.4, -0.2) is 24.7 Å². The molecule has 1 heterocycles. The van der Waals surface area contributed by atoms with Gasteiger partial charge in [0, 0.05) is 11.3 Å². The summed E-state index contributed by atoms with van der Waals surface area (Å²) in [6.07, 6.45) is -4.63. The number of carbonyl (C=O) groups excluding carboxylic acids is 2. The van der Waals surface area contributed by atoms with Crippen LogP contribution in [0.15, 0.2) is 101 Å². The van der Waals surface area contributed by atoms with E-state index in [1.807, 2.05) is 6.07 Å². The van der Waals surface area contributed by atoms with E-state index in [4.69, 9.17) is 4.74 Å². The largest absolute Gasteiger partial charge is 0.495 e. The third-order valence-corrected chi connectivity index (χ3v) is 7.25. The van der Waals surface area contributed by atoms with Gasteiger partial charge in [0.1, 0.15) is 5.75 Å². The normalized spacial score (nSPS) is 15.1. The SMILES string of the molecule is COc1ccccc1NC(=O)C1=C(C)NC(SCC(=O)Nc2ccccc2C(F)(F)F)=C(C#N)C1c1ccccc1. The fourth-order valence-electron chi connectivity index (χ4n) is 4.41. The van der Waals surface area contributed by atoms with Gasteiger partial charge < -0.3 is 20.7 Å². The Kier molecular flexibility index (Phi) is 9.04. The molecule has 0 aromatic heterocycles. The number of thioether (sulfide) groups is 1. The number of hydrogen-bond acceptors (Lipinski definition) is 6. The van der Waals surface area contributed by atoms with Crippen LogP contribution in [-0.2, 0) is 15.8 Å². The molecule has 1 atom stereocenters. The minimum absolute atomic E-state index is 0.195. The molecule has 3 aromatic carbocycles. The number of allylic oxidation sites excluding steroid dienone is 2. The van der Waals surface area contributed by atoms with Crippen molar-refractivity contribution in [3.8, 4) is 11.8 Å². The lowest BCUT2D eigenvalue weighted by atomic mass is 9.82. The van der Waals surface area contributed by atoms with Gasteiger partial charge in [-0.1, -0.05) is 66.4 Å². The second-order valence-corrected chi connectivity index (χ2v) is 9.88. The fraction of sp³-hybridized carbons (Fsp3) is 0.167. The molecule has 0 aliphatic carbocycles. The molecule has 1 aliphatic heterocycles. The Labute approximate surface area is 239 Å². The molecule has 0 saturated heterocycles. The van der Waals surface area contributed by atoms with Crippen LogP contribution in [0.3, 0.4) is 0 Å². The zero-order valence-corrected chi connectivity index (χ0v) is 22.8. The Morgan fingerprint density at radius 3 is 2.27 bits per heavy atom.